The molecule has 4 heterocycles. The van der Waals surface area contributed by atoms with Crippen LogP contribution in [-0.2, 0) is 16.4 Å². The SMILES string of the molecule is CC1CCN(c2ncccc2C(=O)NS(=O)(=O)c2cccc(N3CCc4cc(Cl)ccc43)n2)C1(C)C. The van der Waals surface area contributed by atoms with Crippen molar-refractivity contribution in [1.29, 1.82) is 0 Å². The van der Waals surface area contributed by atoms with E-state index >= 15 is 0 Å². The molecule has 8 nitrogen and oxygen atoms in total. The maximum atomic E-state index is 13.2. The van der Waals surface area contributed by atoms with Gasteiger partial charge in [0.15, 0.2) is 5.03 Å². The van der Waals surface area contributed by atoms with E-state index in [-0.39, 0.29) is 16.1 Å². The van der Waals surface area contributed by atoms with Crippen molar-refractivity contribution in [3.05, 3.63) is 70.9 Å². The molecule has 0 aliphatic carbocycles. The fraction of sp³-hybridized carbons (Fsp3) is 0.346. The molecule has 0 saturated carbocycles. The predicted octanol–water partition coefficient (Wildman–Crippen LogP) is 4.57. The van der Waals surface area contributed by atoms with Gasteiger partial charge in [-0.25, -0.2) is 14.7 Å². The Hall–Kier alpha value is -3.17. The van der Waals surface area contributed by atoms with Crippen molar-refractivity contribution in [1.82, 2.24) is 14.7 Å². The van der Waals surface area contributed by atoms with E-state index < -0.39 is 15.9 Å². The van der Waals surface area contributed by atoms with Crippen molar-refractivity contribution in [2.45, 2.75) is 44.2 Å². The van der Waals surface area contributed by atoms with E-state index in [2.05, 4.69) is 40.4 Å². The zero-order chi connectivity index (χ0) is 25.7. The molecule has 2 aromatic heterocycles. The van der Waals surface area contributed by atoms with Gasteiger partial charge in [0.05, 0.1) is 5.56 Å². The molecule has 188 valence electrons. The van der Waals surface area contributed by atoms with Gasteiger partial charge in [-0.05, 0) is 80.6 Å². The van der Waals surface area contributed by atoms with Crippen molar-refractivity contribution in [2.24, 2.45) is 5.92 Å². The monoisotopic (exact) mass is 525 g/mol. The highest BCUT2D eigenvalue weighted by atomic mass is 35.5. The van der Waals surface area contributed by atoms with Crippen LogP contribution in [-0.4, -0.2) is 42.9 Å². The van der Waals surface area contributed by atoms with Crippen LogP contribution in [0.5, 0.6) is 0 Å². The second-order valence-corrected chi connectivity index (χ2v) is 11.9. The molecule has 1 saturated heterocycles. The molecule has 1 amide bonds. The van der Waals surface area contributed by atoms with Gasteiger partial charge in [-0.3, -0.25) is 4.79 Å². The van der Waals surface area contributed by atoms with Crippen molar-refractivity contribution in [2.75, 3.05) is 22.9 Å². The molecule has 0 spiro atoms. The molecule has 2 aliphatic heterocycles. The molecule has 36 heavy (non-hydrogen) atoms. The summed E-state index contributed by atoms with van der Waals surface area (Å²) in [7, 11) is -4.23. The van der Waals surface area contributed by atoms with Gasteiger partial charge in [0.2, 0.25) is 0 Å². The second kappa shape index (κ2) is 9.05. The lowest BCUT2D eigenvalue weighted by atomic mass is 9.90. The number of pyridine rings is 2. The smallest absolute Gasteiger partial charge is 0.281 e. The van der Waals surface area contributed by atoms with Gasteiger partial charge in [0.25, 0.3) is 15.9 Å². The molecular weight excluding hydrogens is 498 g/mol. The maximum absolute atomic E-state index is 13.2. The minimum atomic E-state index is -4.23. The zero-order valence-electron chi connectivity index (χ0n) is 20.4. The van der Waals surface area contributed by atoms with E-state index in [1.54, 1.807) is 36.5 Å². The summed E-state index contributed by atoms with van der Waals surface area (Å²) in [6.45, 7) is 7.78. The molecule has 3 aromatic rings. The van der Waals surface area contributed by atoms with Crippen LogP contribution in [0.25, 0.3) is 0 Å². The van der Waals surface area contributed by atoms with E-state index in [1.807, 2.05) is 17.0 Å². The van der Waals surface area contributed by atoms with Crippen molar-refractivity contribution in [3.8, 4) is 0 Å². The van der Waals surface area contributed by atoms with Crippen molar-refractivity contribution >= 4 is 44.9 Å². The van der Waals surface area contributed by atoms with Crippen LogP contribution in [0.4, 0.5) is 17.3 Å². The predicted molar refractivity (Wildman–Crippen MR) is 140 cm³/mol. The standard InChI is InChI=1S/C26H28ClN5O3S/c1-17-11-15-32(26(17,2)3)24-20(6-5-13-28-24)25(33)30-36(34,35)23-8-4-7-22(29-23)31-14-12-18-16-19(27)9-10-21(18)31/h4-10,13,16-17H,11-12,14-15H2,1-3H3,(H,30,33). The number of rotatable bonds is 5. The minimum absolute atomic E-state index is 0.213. The molecule has 5 rings (SSSR count). The van der Waals surface area contributed by atoms with Crippen LogP contribution >= 0.6 is 11.6 Å². The van der Waals surface area contributed by atoms with Crippen LogP contribution in [0.1, 0.15) is 43.1 Å². The van der Waals surface area contributed by atoms with E-state index in [9.17, 15) is 13.2 Å². The third kappa shape index (κ3) is 4.30. The quantitative estimate of drug-likeness (QED) is 0.521. The third-order valence-electron chi connectivity index (χ3n) is 7.40. The second-order valence-electron chi connectivity index (χ2n) is 9.81. The molecule has 1 fully saturated rings. The number of aromatic nitrogens is 2. The molecule has 1 N–H and O–H groups in total. The van der Waals surface area contributed by atoms with Gasteiger partial charge in [-0.2, -0.15) is 8.42 Å². The van der Waals surface area contributed by atoms with E-state index in [0.717, 1.165) is 30.6 Å². The van der Waals surface area contributed by atoms with Crippen LogP contribution < -0.4 is 14.5 Å². The molecule has 0 radical (unpaired) electrons. The number of sulfonamides is 1. The van der Waals surface area contributed by atoms with Crippen LogP contribution in [0.3, 0.4) is 0 Å². The minimum Gasteiger partial charge on any atom is -0.351 e. The number of nitrogens with one attached hydrogen (secondary N) is 1. The first kappa shape index (κ1) is 24.5. The Morgan fingerprint density at radius 1 is 1.14 bits per heavy atom. The summed E-state index contributed by atoms with van der Waals surface area (Å²) in [6, 6.07) is 13.6. The summed E-state index contributed by atoms with van der Waals surface area (Å²) >= 11 is 6.12. The number of halogens is 1. The van der Waals surface area contributed by atoms with Crippen molar-refractivity contribution in [3.63, 3.8) is 0 Å². The first-order valence-electron chi connectivity index (χ1n) is 11.9. The van der Waals surface area contributed by atoms with Gasteiger partial charge >= 0.3 is 0 Å². The van der Waals surface area contributed by atoms with Crippen LogP contribution in [0.2, 0.25) is 5.02 Å². The maximum Gasteiger partial charge on any atom is 0.281 e. The highest BCUT2D eigenvalue weighted by Crippen LogP contribution is 2.38. The Kier molecular flexibility index (Phi) is 6.16. The summed E-state index contributed by atoms with van der Waals surface area (Å²) < 4.78 is 28.6. The average molecular weight is 526 g/mol. The van der Waals surface area contributed by atoms with Crippen LogP contribution in [0, 0.1) is 5.92 Å². The summed E-state index contributed by atoms with van der Waals surface area (Å²) in [4.78, 5) is 26.1. The lowest BCUT2D eigenvalue weighted by Crippen LogP contribution is -2.43. The lowest BCUT2D eigenvalue weighted by molar-refractivity contribution is 0.0981. The largest absolute Gasteiger partial charge is 0.351 e. The number of carbonyl (C=O) groups is 1. The number of nitrogens with zero attached hydrogens (tertiary/aromatic N) is 4. The fourth-order valence-corrected chi connectivity index (χ4v) is 6.06. The molecule has 0 bridgehead atoms. The van der Waals surface area contributed by atoms with Gasteiger partial charge in [0, 0.05) is 35.5 Å². The Labute approximate surface area is 216 Å². The van der Waals surface area contributed by atoms with Crippen LogP contribution in [0.15, 0.2) is 59.8 Å². The molecule has 2 aliphatic rings. The number of benzene rings is 1. The number of hydrogen-bond acceptors (Lipinski definition) is 7. The van der Waals surface area contributed by atoms with E-state index in [4.69, 9.17) is 11.6 Å². The van der Waals surface area contributed by atoms with Gasteiger partial charge in [-0.1, -0.05) is 24.6 Å². The molecular formula is C26H28ClN5O3S. The van der Waals surface area contributed by atoms with E-state index in [1.165, 1.54) is 6.07 Å². The highest BCUT2D eigenvalue weighted by molar-refractivity contribution is 7.90. The number of hydrogen-bond donors (Lipinski definition) is 1. The zero-order valence-corrected chi connectivity index (χ0v) is 22.0. The Morgan fingerprint density at radius 3 is 2.69 bits per heavy atom. The van der Waals surface area contributed by atoms with Gasteiger partial charge < -0.3 is 9.80 Å². The number of carbonyl (C=O) groups excluding carboxylic acids is 1. The first-order chi connectivity index (χ1) is 17.1. The number of anilines is 3. The lowest BCUT2D eigenvalue weighted by Gasteiger charge is -2.36. The topological polar surface area (TPSA) is 95.5 Å². The Balaban J connectivity index is 1.41. The van der Waals surface area contributed by atoms with Crippen molar-refractivity contribution < 1.29 is 13.2 Å². The summed E-state index contributed by atoms with van der Waals surface area (Å²) in [5, 5.41) is 0.431. The molecule has 1 unspecified atom stereocenters. The average Bonchev–Trinajstić information content (AvgIpc) is 3.38. The first-order valence-corrected chi connectivity index (χ1v) is 13.8. The summed E-state index contributed by atoms with van der Waals surface area (Å²) in [5.41, 5.74) is 2.01. The molecule has 1 aromatic carbocycles. The summed E-state index contributed by atoms with van der Waals surface area (Å²) in [6.07, 6.45) is 3.36. The number of amides is 1. The van der Waals surface area contributed by atoms with Gasteiger partial charge in [0.1, 0.15) is 11.6 Å². The highest BCUT2D eigenvalue weighted by Gasteiger charge is 2.40. The third-order valence-corrected chi connectivity index (χ3v) is 8.87. The normalized spacial score (nSPS) is 18.8. The molecule has 10 heteroatoms. The fourth-order valence-electron chi connectivity index (χ4n) is 4.94. The number of fused-ring (bicyclic) bond motifs is 1. The van der Waals surface area contributed by atoms with Gasteiger partial charge in [-0.15, -0.1) is 0 Å². The van der Waals surface area contributed by atoms with E-state index in [0.29, 0.717) is 29.1 Å². The summed E-state index contributed by atoms with van der Waals surface area (Å²) in [5.74, 6) is 0.634. The Morgan fingerprint density at radius 2 is 1.94 bits per heavy atom. The Bertz CT molecular complexity index is 1440. The molecule has 1 atom stereocenters.